The molecule has 0 aromatic carbocycles. The lowest BCUT2D eigenvalue weighted by molar-refractivity contribution is -0.142. The Labute approximate surface area is 94.0 Å². The molecule has 0 unspecified atom stereocenters. The molecule has 16 heavy (non-hydrogen) atoms. The van der Waals surface area contributed by atoms with E-state index in [0.29, 0.717) is 13.0 Å². The Morgan fingerprint density at radius 3 is 3.00 bits per heavy atom. The van der Waals surface area contributed by atoms with E-state index < -0.39 is 6.09 Å². The highest BCUT2D eigenvalue weighted by atomic mass is 16.5. The van der Waals surface area contributed by atoms with E-state index in [1.165, 1.54) is 13.2 Å². The third kappa shape index (κ3) is 3.54. The van der Waals surface area contributed by atoms with Crippen molar-refractivity contribution in [2.24, 2.45) is 0 Å². The summed E-state index contributed by atoms with van der Waals surface area (Å²) in [7, 11) is 1.34. The highest BCUT2D eigenvalue weighted by Gasteiger charge is 2.31. The minimum absolute atomic E-state index is 0.110. The summed E-state index contributed by atoms with van der Waals surface area (Å²) in [5, 5.41) is 5.60. The maximum atomic E-state index is 11.2. The number of esters is 1. The number of hydrogen-bond acceptors (Lipinski definition) is 5. The Hall–Kier alpha value is -1.56. The average Bonchev–Trinajstić information content (AvgIpc) is 2.73. The van der Waals surface area contributed by atoms with Crippen molar-refractivity contribution in [3.63, 3.8) is 0 Å². The molecule has 1 amide bonds. The largest absolute Gasteiger partial charge is 0.468 e. The standard InChI is InChI=1S/C10H16N2O4/c1-3-4-16-10(14)12-7-5-8(11-6-7)9(13)15-2/h3,7-8,11H,1,4-6H2,2H3,(H,12,14)/t7-,8+/m0/s1. The van der Waals surface area contributed by atoms with Crippen LogP contribution in [-0.2, 0) is 14.3 Å². The van der Waals surface area contributed by atoms with Crippen LogP contribution in [0.1, 0.15) is 6.42 Å². The van der Waals surface area contributed by atoms with E-state index in [4.69, 9.17) is 4.74 Å². The molecular weight excluding hydrogens is 212 g/mol. The summed E-state index contributed by atoms with van der Waals surface area (Å²) in [6.07, 6.45) is 1.50. The van der Waals surface area contributed by atoms with Crippen LogP contribution < -0.4 is 10.6 Å². The lowest BCUT2D eigenvalue weighted by atomic mass is 10.2. The molecule has 0 saturated carbocycles. The fraction of sp³-hybridized carbons (Fsp3) is 0.600. The molecule has 0 spiro atoms. The first kappa shape index (κ1) is 12.5. The lowest BCUT2D eigenvalue weighted by Crippen LogP contribution is -2.36. The highest BCUT2D eigenvalue weighted by molar-refractivity contribution is 5.76. The normalized spacial score (nSPS) is 23.6. The van der Waals surface area contributed by atoms with Gasteiger partial charge in [0.15, 0.2) is 0 Å². The molecule has 2 atom stereocenters. The third-order valence-electron chi connectivity index (χ3n) is 2.27. The summed E-state index contributed by atoms with van der Waals surface area (Å²) in [5.41, 5.74) is 0. The molecular formula is C10H16N2O4. The van der Waals surface area contributed by atoms with Crippen LogP contribution in [0.25, 0.3) is 0 Å². The molecule has 6 heteroatoms. The Bertz CT molecular complexity index is 280. The molecule has 2 N–H and O–H groups in total. The van der Waals surface area contributed by atoms with Gasteiger partial charge in [0.1, 0.15) is 12.6 Å². The second-order valence-electron chi connectivity index (χ2n) is 3.45. The van der Waals surface area contributed by atoms with E-state index in [0.717, 1.165) is 0 Å². The van der Waals surface area contributed by atoms with Crippen molar-refractivity contribution in [1.82, 2.24) is 10.6 Å². The van der Waals surface area contributed by atoms with Crippen LogP contribution in [-0.4, -0.2) is 44.4 Å². The molecule has 1 heterocycles. The summed E-state index contributed by atoms with van der Waals surface area (Å²) in [5.74, 6) is -0.316. The molecule has 0 aromatic rings. The zero-order valence-electron chi connectivity index (χ0n) is 9.19. The minimum atomic E-state index is -0.503. The zero-order valence-corrected chi connectivity index (χ0v) is 9.19. The number of alkyl carbamates (subject to hydrolysis) is 1. The van der Waals surface area contributed by atoms with Gasteiger partial charge in [-0.05, 0) is 6.42 Å². The van der Waals surface area contributed by atoms with Crippen LogP contribution in [0.4, 0.5) is 4.79 Å². The summed E-state index contributed by atoms with van der Waals surface area (Å²) < 4.78 is 9.36. The van der Waals surface area contributed by atoms with E-state index in [2.05, 4.69) is 21.9 Å². The summed E-state index contributed by atoms with van der Waals surface area (Å²) in [6.45, 7) is 4.14. The molecule has 0 aliphatic carbocycles. The van der Waals surface area contributed by atoms with Crippen LogP contribution >= 0.6 is 0 Å². The number of nitrogens with one attached hydrogen (secondary N) is 2. The van der Waals surface area contributed by atoms with Gasteiger partial charge in [0.25, 0.3) is 0 Å². The molecule has 0 radical (unpaired) electrons. The van der Waals surface area contributed by atoms with Gasteiger partial charge in [-0.15, -0.1) is 0 Å². The van der Waals surface area contributed by atoms with Crippen molar-refractivity contribution >= 4 is 12.1 Å². The predicted octanol–water partition coefficient (Wildman–Crippen LogP) is -0.198. The second kappa shape index (κ2) is 6.12. The van der Waals surface area contributed by atoms with Gasteiger partial charge in [0, 0.05) is 12.6 Å². The number of rotatable bonds is 4. The molecule has 0 aromatic heterocycles. The maximum Gasteiger partial charge on any atom is 0.407 e. The number of ether oxygens (including phenoxy) is 2. The molecule has 1 saturated heterocycles. The van der Waals surface area contributed by atoms with E-state index in [1.54, 1.807) is 0 Å². The fourth-order valence-corrected chi connectivity index (χ4v) is 1.51. The van der Waals surface area contributed by atoms with Gasteiger partial charge in [-0.25, -0.2) is 4.79 Å². The molecule has 1 aliphatic heterocycles. The monoisotopic (exact) mass is 228 g/mol. The topological polar surface area (TPSA) is 76.7 Å². The van der Waals surface area contributed by atoms with Crippen molar-refractivity contribution in [3.05, 3.63) is 12.7 Å². The summed E-state index contributed by atoms with van der Waals surface area (Å²) >= 11 is 0. The first-order chi connectivity index (χ1) is 7.67. The van der Waals surface area contributed by atoms with Gasteiger partial charge in [-0.2, -0.15) is 0 Å². The fourth-order valence-electron chi connectivity index (χ4n) is 1.51. The van der Waals surface area contributed by atoms with Crippen LogP contribution in [0.2, 0.25) is 0 Å². The van der Waals surface area contributed by atoms with Gasteiger partial charge in [-0.3, -0.25) is 4.79 Å². The van der Waals surface area contributed by atoms with E-state index >= 15 is 0 Å². The lowest BCUT2D eigenvalue weighted by Gasteiger charge is -2.11. The Kier molecular flexibility index (Phi) is 4.78. The van der Waals surface area contributed by atoms with Crippen LogP contribution in [0, 0.1) is 0 Å². The van der Waals surface area contributed by atoms with Gasteiger partial charge in [-0.1, -0.05) is 12.7 Å². The summed E-state index contributed by atoms with van der Waals surface area (Å²) in [6, 6.07) is -0.462. The van der Waals surface area contributed by atoms with Gasteiger partial charge in [0.2, 0.25) is 0 Å². The number of methoxy groups -OCH3 is 1. The Morgan fingerprint density at radius 2 is 2.38 bits per heavy atom. The molecule has 1 fully saturated rings. The minimum Gasteiger partial charge on any atom is -0.468 e. The molecule has 6 nitrogen and oxygen atoms in total. The second-order valence-corrected chi connectivity index (χ2v) is 3.45. The number of amides is 1. The van der Waals surface area contributed by atoms with Gasteiger partial charge >= 0.3 is 12.1 Å². The van der Waals surface area contributed by atoms with E-state index in [1.807, 2.05) is 0 Å². The number of carbonyl (C=O) groups is 2. The van der Waals surface area contributed by atoms with Crippen LogP contribution in [0.3, 0.4) is 0 Å². The summed E-state index contributed by atoms with van der Waals surface area (Å²) in [4.78, 5) is 22.4. The zero-order chi connectivity index (χ0) is 12.0. The van der Waals surface area contributed by atoms with Crippen molar-refractivity contribution in [2.45, 2.75) is 18.5 Å². The Morgan fingerprint density at radius 1 is 1.62 bits per heavy atom. The smallest absolute Gasteiger partial charge is 0.407 e. The van der Waals surface area contributed by atoms with E-state index in [-0.39, 0.29) is 24.7 Å². The van der Waals surface area contributed by atoms with Crippen LogP contribution in [0.15, 0.2) is 12.7 Å². The SMILES string of the molecule is C=CCOC(=O)N[C@@H]1CN[C@@H](C(=O)OC)C1. The molecule has 1 rings (SSSR count). The molecule has 90 valence electrons. The first-order valence-electron chi connectivity index (χ1n) is 5.02. The van der Waals surface area contributed by atoms with Crippen LogP contribution in [0.5, 0.6) is 0 Å². The number of hydrogen-bond donors (Lipinski definition) is 2. The Balaban J connectivity index is 2.28. The highest BCUT2D eigenvalue weighted by Crippen LogP contribution is 2.08. The third-order valence-corrected chi connectivity index (χ3v) is 2.27. The van der Waals surface area contributed by atoms with Gasteiger partial charge in [0.05, 0.1) is 7.11 Å². The van der Waals surface area contributed by atoms with E-state index in [9.17, 15) is 9.59 Å². The molecule has 0 bridgehead atoms. The van der Waals surface area contributed by atoms with Crippen molar-refractivity contribution in [1.29, 1.82) is 0 Å². The average molecular weight is 228 g/mol. The van der Waals surface area contributed by atoms with Crippen molar-refractivity contribution in [2.75, 3.05) is 20.3 Å². The molecule has 1 aliphatic rings. The quantitative estimate of drug-likeness (QED) is 0.515. The maximum absolute atomic E-state index is 11.2. The predicted molar refractivity (Wildman–Crippen MR) is 56.9 cm³/mol. The van der Waals surface area contributed by atoms with Gasteiger partial charge < -0.3 is 20.1 Å². The van der Waals surface area contributed by atoms with Crippen molar-refractivity contribution < 1.29 is 19.1 Å². The first-order valence-corrected chi connectivity index (χ1v) is 5.02. The van der Waals surface area contributed by atoms with Crippen molar-refractivity contribution in [3.8, 4) is 0 Å². The number of carbonyl (C=O) groups excluding carboxylic acids is 2.